The molecular weight excluding hydrogens is 400 g/mol. The summed E-state index contributed by atoms with van der Waals surface area (Å²) in [7, 11) is 3.24. The summed E-state index contributed by atoms with van der Waals surface area (Å²) in [5.41, 5.74) is 3.27. The minimum atomic E-state index is -0.100. The molecule has 152 valence electrons. The number of anilines is 1. The molecule has 2 aromatic heterocycles. The smallest absolute Gasteiger partial charge is 0.234 e. The molecule has 1 amide bonds. The Morgan fingerprint density at radius 1 is 0.967 bits per heavy atom. The molecule has 30 heavy (non-hydrogen) atoms. The van der Waals surface area contributed by atoms with Crippen molar-refractivity contribution in [3.63, 3.8) is 0 Å². The van der Waals surface area contributed by atoms with Gasteiger partial charge in [0.05, 0.1) is 31.9 Å². The Kier molecular flexibility index (Phi) is 5.85. The zero-order valence-electron chi connectivity index (χ0n) is 16.5. The highest BCUT2D eigenvalue weighted by atomic mass is 32.2. The molecule has 0 aliphatic rings. The topological polar surface area (TPSA) is 77.8 Å². The average Bonchev–Trinajstić information content (AvgIpc) is 3.22. The first-order chi connectivity index (χ1) is 14.6. The van der Waals surface area contributed by atoms with Crippen LogP contribution in [0, 0.1) is 0 Å². The van der Waals surface area contributed by atoms with Gasteiger partial charge in [0.2, 0.25) is 5.91 Å². The van der Waals surface area contributed by atoms with Crippen molar-refractivity contribution in [1.29, 1.82) is 0 Å². The van der Waals surface area contributed by atoms with Crippen molar-refractivity contribution in [3.05, 3.63) is 66.9 Å². The lowest BCUT2D eigenvalue weighted by Crippen LogP contribution is -2.14. The number of thioether (sulfide) groups is 1. The Labute approximate surface area is 178 Å². The molecule has 7 nitrogen and oxygen atoms in total. The Balaban J connectivity index is 1.41. The Morgan fingerprint density at radius 2 is 1.63 bits per heavy atom. The molecule has 2 heterocycles. The number of aromatic nitrogens is 3. The van der Waals surface area contributed by atoms with Gasteiger partial charge >= 0.3 is 0 Å². The molecule has 1 N–H and O–H groups in total. The maximum atomic E-state index is 12.2. The van der Waals surface area contributed by atoms with E-state index in [1.54, 1.807) is 43.0 Å². The van der Waals surface area contributed by atoms with E-state index in [0.717, 1.165) is 39.1 Å². The minimum Gasteiger partial charge on any atom is -0.497 e. The molecule has 0 saturated heterocycles. The predicted octanol–water partition coefficient (Wildman–Crippen LogP) is 4.14. The quantitative estimate of drug-likeness (QED) is 0.453. The van der Waals surface area contributed by atoms with E-state index in [0.29, 0.717) is 0 Å². The van der Waals surface area contributed by atoms with Gasteiger partial charge in [-0.3, -0.25) is 4.79 Å². The summed E-state index contributed by atoms with van der Waals surface area (Å²) in [6.07, 6.45) is 1.87. The van der Waals surface area contributed by atoms with E-state index in [1.807, 2.05) is 42.6 Å². The number of benzene rings is 2. The van der Waals surface area contributed by atoms with Crippen LogP contribution in [0.3, 0.4) is 0 Å². The second-order valence-corrected chi connectivity index (χ2v) is 7.39. The van der Waals surface area contributed by atoms with Gasteiger partial charge in [-0.25, -0.2) is 9.50 Å². The lowest BCUT2D eigenvalue weighted by atomic mass is 10.2. The molecule has 0 bridgehead atoms. The second kappa shape index (κ2) is 8.87. The van der Waals surface area contributed by atoms with Gasteiger partial charge < -0.3 is 14.8 Å². The Bertz CT molecular complexity index is 1160. The van der Waals surface area contributed by atoms with Crippen molar-refractivity contribution in [2.24, 2.45) is 0 Å². The normalized spacial score (nSPS) is 10.7. The van der Waals surface area contributed by atoms with Crippen LogP contribution in [0.4, 0.5) is 5.69 Å². The van der Waals surface area contributed by atoms with E-state index < -0.39 is 0 Å². The monoisotopic (exact) mass is 420 g/mol. The van der Waals surface area contributed by atoms with Crippen LogP contribution in [-0.4, -0.2) is 40.5 Å². The maximum absolute atomic E-state index is 12.2. The van der Waals surface area contributed by atoms with Gasteiger partial charge in [-0.2, -0.15) is 5.10 Å². The third kappa shape index (κ3) is 4.55. The number of rotatable bonds is 7. The van der Waals surface area contributed by atoms with Gasteiger partial charge in [0.25, 0.3) is 0 Å². The molecule has 0 fully saturated rings. The standard InChI is InChI=1S/C22H20N4O3S/c1-28-17-7-3-15(4-8-17)19-13-26-20(24-19)11-12-22(25-26)30-14-21(27)23-16-5-9-18(29-2)10-6-16/h3-13H,14H2,1-2H3,(H,23,27). The Hall–Kier alpha value is -3.52. The minimum absolute atomic E-state index is 0.100. The molecule has 0 spiro atoms. The molecule has 2 aromatic carbocycles. The molecular formula is C22H20N4O3S. The van der Waals surface area contributed by atoms with Crippen molar-refractivity contribution in [3.8, 4) is 22.8 Å². The van der Waals surface area contributed by atoms with E-state index in [2.05, 4.69) is 15.4 Å². The lowest BCUT2D eigenvalue weighted by molar-refractivity contribution is -0.113. The summed E-state index contributed by atoms with van der Waals surface area (Å²) < 4.78 is 12.0. The largest absolute Gasteiger partial charge is 0.497 e. The number of nitrogens with one attached hydrogen (secondary N) is 1. The van der Waals surface area contributed by atoms with Crippen LogP contribution in [0.5, 0.6) is 11.5 Å². The Morgan fingerprint density at radius 3 is 2.30 bits per heavy atom. The summed E-state index contributed by atoms with van der Waals surface area (Å²) >= 11 is 1.37. The highest BCUT2D eigenvalue weighted by molar-refractivity contribution is 7.99. The van der Waals surface area contributed by atoms with Crippen molar-refractivity contribution in [2.75, 3.05) is 25.3 Å². The zero-order chi connectivity index (χ0) is 20.9. The third-order valence-corrected chi connectivity index (χ3v) is 5.33. The van der Waals surface area contributed by atoms with Gasteiger partial charge in [-0.15, -0.1) is 0 Å². The molecule has 0 saturated carbocycles. The summed E-state index contributed by atoms with van der Waals surface area (Å²) in [6, 6.07) is 18.7. The van der Waals surface area contributed by atoms with Crippen molar-refractivity contribution in [1.82, 2.24) is 14.6 Å². The van der Waals surface area contributed by atoms with Crippen LogP contribution in [0.25, 0.3) is 16.9 Å². The fourth-order valence-corrected chi connectivity index (χ4v) is 3.51. The van der Waals surface area contributed by atoms with E-state index >= 15 is 0 Å². The zero-order valence-corrected chi connectivity index (χ0v) is 17.3. The number of carbonyl (C=O) groups excluding carboxylic acids is 1. The van der Waals surface area contributed by atoms with Gasteiger partial charge in [0.15, 0.2) is 5.65 Å². The van der Waals surface area contributed by atoms with E-state index in [-0.39, 0.29) is 11.7 Å². The average molecular weight is 420 g/mol. The van der Waals surface area contributed by atoms with E-state index in [9.17, 15) is 4.79 Å². The summed E-state index contributed by atoms with van der Waals surface area (Å²) in [6.45, 7) is 0. The predicted molar refractivity (Wildman–Crippen MR) is 117 cm³/mol. The van der Waals surface area contributed by atoms with Crippen LogP contribution in [-0.2, 0) is 4.79 Å². The molecule has 0 radical (unpaired) electrons. The summed E-state index contributed by atoms with van der Waals surface area (Å²) in [4.78, 5) is 16.8. The summed E-state index contributed by atoms with van der Waals surface area (Å²) in [5, 5.41) is 8.16. The highest BCUT2D eigenvalue weighted by Crippen LogP contribution is 2.23. The molecule has 0 aliphatic heterocycles. The molecule has 0 aliphatic carbocycles. The molecule has 4 rings (SSSR count). The number of amides is 1. The first kappa shape index (κ1) is 19.8. The SMILES string of the molecule is COc1ccc(NC(=O)CSc2ccc3nc(-c4ccc(OC)cc4)cn3n2)cc1. The fourth-order valence-electron chi connectivity index (χ4n) is 2.85. The van der Waals surface area contributed by atoms with Crippen molar-refractivity contribution < 1.29 is 14.3 Å². The first-order valence-corrected chi connectivity index (χ1v) is 10.2. The van der Waals surface area contributed by atoms with Crippen LogP contribution in [0.1, 0.15) is 0 Å². The number of methoxy groups -OCH3 is 2. The van der Waals surface area contributed by atoms with Crippen molar-refractivity contribution in [2.45, 2.75) is 5.03 Å². The van der Waals surface area contributed by atoms with Gasteiger partial charge in [-0.1, -0.05) is 11.8 Å². The summed E-state index contributed by atoms with van der Waals surface area (Å²) in [5.74, 6) is 1.70. The number of fused-ring (bicyclic) bond motifs is 1. The molecule has 0 unspecified atom stereocenters. The van der Waals surface area contributed by atoms with Gasteiger partial charge in [0, 0.05) is 11.3 Å². The number of hydrogen-bond acceptors (Lipinski definition) is 6. The second-order valence-electron chi connectivity index (χ2n) is 6.39. The fraction of sp³-hybridized carbons (Fsp3) is 0.136. The maximum Gasteiger partial charge on any atom is 0.234 e. The molecule has 8 heteroatoms. The first-order valence-electron chi connectivity index (χ1n) is 9.22. The van der Waals surface area contributed by atoms with E-state index in [4.69, 9.17) is 9.47 Å². The van der Waals surface area contributed by atoms with Crippen LogP contribution in [0.2, 0.25) is 0 Å². The number of ether oxygens (including phenoxy) is 2. The number of hydrogen-bond donors (Lipinski definition) is 1. The number of nitrogens with zero attached hydrogens (tertiary/aromatic N) is 3. The van der Waals surface area contributed by atoms with Crippen molar-refractivity contribution >= 4 is 29.0 Å². The third-order valence-electron chi connectivity index (χ3n) is 4.41. The number of carbonyl (C=O) groups is 1. The van der Waals surface area contributed by atoms with Crippen LogP contribution >= 0.6 is 11.8 Å². The van der Waals surface area contributed by atoms with Gasteiger partial charge in [-0.05, 0) is 60.7 Å². The van der Waals surface area contributed by atoms with Crippen LogP contribution in [0.15, 0.2) is 71.9 Å². The highest BCUT2D eigenvalue weighted by Gasteiger charge is 2.09. The molecule has 4 aromatic rings. The van der Waals surface area contributed by atoms with E-state index in [1.165, 1.54) is 11.8 Å². The number of imidazole rings is 1. The van der Waals surface area contributed by atoms with Crippen LogP contribution < -0.4 is 14.8 Å². The lowest BCUT2D eigenvalue weighted by Gasteiger charge is -2.06. The molecule has 0 atom stereocenters. The van der Waals surface area contributed by atoms with Gasteiger partial charge in [0.1, 0.15) is 16.5 Å².